The molecule has 0 unspecified atom stereocenters. The molecule has 1 heterocycles. The fraction of sp³-hybridized carbons (Fsp3) is 0.227. The molecule has 1 fully saturated rings. The molecule has 0 spiro atoms. The van der Waals surface area contributed by atoms with Gasteiger partial charge in [-0.15, -0.1) is 0 Å². The lowest BCUT2D eigenvalue weighted by molar-refractivity contribution is 0.102. The molecule has 0 radical (unpaired) electrons. The Hall–Kier alpha value is -3.05. The SMILES string of the molecule is Cc1c(NC(=O)c2ccc(COC3CC3)cc2)ccc2cc(C=O)cnc12. The Bertz CT molecular complexity index is 1010. The molecule has 0 saturated heterocycles. The summed E-state index contributed by atoms with van der Waals surface area (Å²) in [5, 5.41) is 3.82. The van der Waals surface area contributed by atoms with Crippen molar-refractivity contribution >= 4 is 28.8 Å². The first-order valence-corrected chi connectivity index (χ1v) is 9.00. The second kappa shape index (κ2) is 7.29. The summed E-state index contributed by atoms with van der Waals surface area (Å²) < 4.78 is 5.68. The fourth-order valence-electron chi connectivity index (χ4n) is 2.96. The van der Waals surface area contributed by atoms with Crippen molar-refractivity contribution in [2.75, 3.05) is 5.32 Å². The summed E-state index contributed by atoms with van der Waals surface area (Å²) in [7, 11) is 0. The zero-order valence-electron chi connectivity index (χ0n) is 15.1. The van der Waals surface area contributed by atoms with E-state index < -0.39 is 0 Å². The van der Waals surface area contributed by atoms with Gasteiger partial charge in [0.2, 0.25) is 0 Å². The van der Waals surface area contributed by atoms with Gasteiger partial charge in [0.05, 0.1) is 18.2 Å². The molecule has 4 rings (SSSR count). The van der Waals surface area contributed by atoms with E-state index in [0.717, 1.165) is 41.2 Å². The van der Waals surface area contributed by atoms with Crippen LogP contribution in [0.25, 0.3) is 10.9 Å². The van der Waals surface area contributed by atoms with Crippen LogP contribution in [0.3, 0.4) is 0 Å². The van der Waals surface area contributed by atoms with E-state index >= 15 is 0 Å². The molecule has 136 valence electrons. The molecule has 27 heavy (non-hydrogen) atoms. The van der Waals surface area contributed by atoms with Crippen LogP contribution in [0.2, 0.25) is 0 Å². The van der Waals surface area contributed by atoms with Crippen molar-refractivity contribution in [2.24, 2.45) is 0 Å². The zero-order valence-corrected chi connectivity index (χ0v) is 15.1. The van der Waals surface area contributed by atoms with E-state index in [-0.39, 0.29) is 5.91 Å². The molecule has 1 aliphatic rings. The number of aldehydes is 1. The summed E-state index contributed by atoms with van der Waals surface area (Å²) in [6.45, 7) is 2.49. The third-order valence-corrected chi connectivity index (χ3v) is 4.74. The minimum Gasteiger partial charge on any atom is -0.374 e. The normalized spacial score (nSPS) is 13.5. The van der Waals surface area contributed by atoms with Crippen LogP contribution in [0.15, 0.2) is 48.7 Å². The summed E-state index contributed by atoms with van der Waals surface area (Å²) in [5.74, 6) is -0.170. The monoisotopic (exact) mass is 360 g/mol. The van der Waals surface area contributed by atoms with Crippen molar-refractivity contribution in [2.45, 2.75) is 32.5 Å². The number of hydrogen-bond acceptors (Lipinski definition) is 4. The minimum atomic E-state index is -0.170. The van der Waals surface area contributed by atoms with Crippen LogP contribution in [0, 0.1) is 6.92 Å². The van der Waals surface area contributed by atoms with Crippen LogP contribution in [0.5, 0.6) is 0 Å². The standard InChI is InChI=1S/C22H20N2O3/c1-14-20(9-6-18-10-16(12-25)11-23-21(14)18)24-22(26)17-4-2-15(3-5-17)13-27-19-7-8-19/h2-6,9-12,19H,7-8,13H2,1H3,(H,24,26). The van der Waals surface area contributed by atoms with Crippen molar-refractivity contribution in [3.8, 4) is 0 Å². The predicted molar refractivity (Wildman–Crippen MR) is 104 cm³/mol. The summed E-state index contributed by atoms with van der Waals surface area (Å²) in [6.07, 6.45) is 5.03. The Labute approximate surface area is 157 Å². The van der Waals surface area contributed by atoms with Gasteiger partial charge in [-0.3, -0.25) is 14.6 Å². The van der Waals surface area contributed by atoms with E-state index in [9.17, 15) is 9.59 Å². The number of amides is 1. The molecular formula is C22H20N2O3. The highest BCUT2D eigenvalue weighted by atomic mass is 16.5. The molecule has 0 bridgehead atoms. The van der Waals surface area contributed by atoms with Crippen LogP contribution in [-0.2, 0) is 11.3 Å². The molecule has 5 heteroatoms. The Balaban J connectivity index is 1.49. The Morgan fingerprint density at radius 2 is 2.00 bits per heavy atom. The van der Waals surface area contributed by atoms with Gasteiger partial charge in [0.25, 0.3) is 5.91 Å². The van der Waals surface area contributed by atoms with Crippen LogP contribution >= 0.6 is 0 Å². The van der Waals surface area contributed by atoms with Gasteiger partial charge in [0.1, 0.15) is 0 Å². The molecule has 0 aliphatic heterocycles. The number of aromatic nitrogens is 1. The maximum Gasteiger partial charge on any atom is 0.255 e. The largest absolute Gasteiger partial charge is 0.374 e. The van der Waals surface area contributed by atoms with Gasteiger partial charge >= 0.3 is 0 Å². The molecule has 3 aromatic rings. The number of fused-ring (bicyclic) bond motifs is 1. The quantitative estimate of drug-likeness (QED) is 0.666. The number of nitrogens with zero attached hydrogens (tertiary/aromatic N) is 1. The number of pyridine rings is 1. The van der Waals surface area contributed by atoms with Crippen LogP contribution in [0.4, 0.5) is 5.69 Å². The van der Waals surface area contributed by atoms with E-state index in [1.165, 1.54) is 6.20 Å². The molecule has 1 aromatic heterocycles. The Morgan fingerprint density at radius 3 is 2.70 bits per heavy atom. The van der Waals surface area contributed by atoms with Gasteiger partial charge in [0, 0.05) is 28.4 Å². The first-order chi connectivity index (χ1) is 13.1. The predicted octanol–water partition coefficient (Wildman–Crippen LogP) is 4.29. The van der Waals surface area contributed by atoms with Gasteiger partial charge < -0.3 is 10.1 Å². The average Bonchev–Trinajstić information content (AvgIpc) is 3.53. The van der Waals surface area contributed by atoms with Gasteiger partial charge in [-0.2, -0.15) is 0 Å². The second-order valence-electron chi connectivity index (χ2n) is 6.86. The van der Waals surface area contributed by atoms with Gasteiger partial charge in [-0.1, -0.05) is 18.2 Å². The van der Waals surface area contributed by atoms with E-state index in [4.69, 9.17) is 4.74 Å². The van der Waals surface area contributed by atoms with E-state index in [2.05, 4.69) is 10.3 Å². The average molecular weight is 360 g/mol. The van der Waals surface area contributed by atoms with E-state index in [0.29, 0.717) is 29.5 Å². The molecule has 0 atom stereocenters. The molecule has 5 nitrogen and oxygen atoms in total. The van der Waals surface area contributed by atoms with Gasteiger partial charge in [0.15, 0.2) is 6.29 Å². The fourth-order valence-corrected chi connectivity index (χ4v) is 2.96. The second-order valence-corrected chi connectivity index (χ2v) is 6.86. The van der Waals surface area contributed by atoms with Crippen molar-refractivity contribution in [1.82, 2.24) is 4.98 Å². The first kappa shape index (κ1) is 17.4. The highest BCUT2D eigenvalue weighted by molar-refractivity contribution is 6.06. The van der Waals surface area contributed by atoms with Crippen molar-refractivity contribution in [3.63, 3.8) is 0 Å². The number of benzene rings is 2. The van der Waals surface area contributed by atoms with Crippen molar-refractivity contribution < 1.29 is 14.3 Å². The maximum absolute atomic E-state index is 12.6. The number of rotatable bonds is 6. The van der Waals surface area contributed by atoms with E-state index in [1.54, 1.807) is 6.07 Å². The lowest BCUT2D eigenvalue weighted by Crippen LogP contribution is -2.13. The molecule has 1 saturated carbocycles. The molecule has 1 amide bonds. The molecule has 1 N–H and O–H groups in total. The number of nitrogens with one attached hydrogen (secondary N) is 1. The lowest BCUT2D eigenvalue weighted by Gasteiger charge is -2.11. The Kier molecular flexibility index (Phi) is 4.69. The minimum absolute atomic E-state index is 0.170. The lowest BCUT2D eigenvalue weighted by atomic mass is 10.1. The number of aryl methyl sites for hydroxylation is 1. The summed E-state index contributed by atoms with van der Waals surface area (Å²) in [5.41, 5.74) is 4.53. The van der Waals surface area contributed by atoms with Crippen LogP contribution in [-0.4, -0.2) is 23.3 Å². The number of carbonyl (C=O) groups is 2. The number of hydrogen-bond donors (Lipinski definition) is 1. The molecular weight excluding hydrogens is 340 g/mol. The summed E-state index contributed by atoms with van der Waals surface area (Å²) >= 11 is 0. The first-order valence-electron chi connectivity index (χ1n) is 9.00. The topological polar surface area (TPSA) is 68.3 Å². The van der Waals surface area contributed by atoms with Crippen molar-refractivity contribution in [3.05, 3.63) is 70.9 Å². The summed E-state index contributed by atoms with van der Waals surface area (Å²) in [4.78, 5) is 27.8. The third-order valence-electron chi connectivity index (χ3n) is 4.74. The molecule has 2 aromatic carbocycles. The Morgan fingerprint density at radius 1 is 1.22 bits per heavy atom. The zero-order chi connectivity index (χ0) is 18.8. The van der Waals surface area contributed by atoms with Gasteiger partial charge in [-0.25, -0.2) is 0 Å². The third kappa shape index (κ3) is 3.88. The highest BCUT2D eigenvalue weighted by Gasteiger charge is 2.21. The number of carbonyl (C=O) groups excluding carboxylic acids is 2. The maximum atomic E-state index is 12.6. The number of ether oxygens (including phenoxy) is 1. The van der Waals surface area contributed by atoms with Crippen LogP contribution in [0.1, 0.15) is 44.7 Å². The highest BCUT2D eigenvalue weighted by Crippen LogP contribution is 2.26. The van der Waals surface area contributed by atoms with Crippen LogP contribution < -0.4 is 5.32 Å². The van der Waals surface area contributed by atoms with E-state index in [1.807, 2.05) is 43.3 Å². The van der Waals surface area contributed by atoms with Gasteiger partial charge in [-0.05, 0) is 55.2 Å². The molecule has 1 aliphatic carbocycles. The summed E-state index contributed by atoms with van der Waals surface area (Å²) in [6, 6.07) is 13.0. The number of anilines is 1. The van der Waals surface area contributed by atoms with Crippen molar-refractivity contribution in [1.29, 1.82) is 0 Å². The smallest absolute Gasteiger partial charge is 0.255 e.